The number of amides is 1. The molecule has 1 amide bonds. The van der Waals surface area contributed by atoms with Crippen LogP contribution in [0.1, 0.15) is 85.0 Å². The van der Waals surface area contributed by atoms with Gasteiger partial charge >= 0.3 is 5.97 Å². The maximum atomic E-state index is 11.7. The molecule has 0 fully saturated rings. The average Bonchev–Trinajstić information content (AvgIpc) is 2.44. The van der Waals surface area contributed by atoms with Gasteiger partial charge in [0.25, 0.3) is 5.91 Å². The third-order valence-corrected chi connectivity index (χ3v) is 3.68. The van der Waals surface area contributed by atoms with Gasteiger partial charge in [0.2, 0.25) is 0 Å². The van der Waals surface area contributed by atoms with Crippen LogP contribution in [0.25, 0.3) is 0 Å². The Kier molecular flexibility index (Phi) is 12.5. The molecule has 0 spiro atoms. The lowest BCUT2D eigenvalue weighted by atomic mass is 10.1. The summed E-state index contributed by atoms with van der Waals surface area (Å²) in [4.78, 5) is 22.9. The number of carbonyl (C=O) groups is 2. The van der Waals surface area contributed by atoms with Crippen molar-refractivity contribution in [2.45, 2.75) is 85.0 Å². The van der Waals surface area contributed by atoms with Crippen molar-refractivity contribution in [3.63, 3.8) is 0 Å². The van der Waals surface area contributed by atoms with Crippen LogP contribution in [0.3, 0.4) is 0 Å². The van der Waals surface area contributed by atoms with Gasteiger partial charge in [-0.25, -0.2) is 4.79 Å². The third kappa shape index (κ3) is 10.4. The lowest BCUT2D eigenvalue weighted by Crippen LogP contribution is -2.23. The van der Waals surface area contributed by atoms with Crippen molar-refractivity contribution in [3.05, 3.63) is 11.1 Å². The lowest BCUT2D eigenvalue weighted by Gasteiger charge is -2.07. The molecule has 0 saturated carbocycles. The molecule has 0 aromatic carbocycles. The standard InChI is InChI=1S/C18H33NO3/c1-4-5-6-7-8-9-10-11-12-13-14-22-18(21)16(15(2)3)17(19)20/h4-14H2,1-3H3,(H2,19,20). The third-order valence-electron chi connectivity index (χ3n) is 3.68. The predicted molar refractivity (Wildman–Crippen MR) is 90.4 cm³/mol. The van der Waals surface area contributed by atoms with Crippen molar-refractivity contribution in [2.24, 2.45) is 5.73 Å². The van der Waals surface area contributed by atoms with Crippen LogP contribution in [0.15, 0.2) is 11.1 Å². The van der Waals surface area contributed by atoms with E-state index in [1.165, 1.54) is 51.4 Å². The first kappa shape index (κ1) is 20.7. The topological polar surface area (TPSA) is 69.4 Å². The largest absolute Gasteiger partial charge is 0.462 e. The molecule has 0 aromatic heterocycles. The maximum Gasteiger partial charge on any atom is 0.343 e. The molecular weight excluding hydrogens is 278 g/mol. The minimum Gasteiger partial charge on any atom is -0.462 e. The van der Waals surface area contributed by atoms with Gasteiger partial charge in [-0.15, -0.1) is 0 Å². The van der Waals surface area contributed by atoms with Gasteiger partial charge in [-0.1, -0.05) is 70.3 Å². The van der Waals surface area contributed by atoms with Crippen LogP contribution in [-0.2, 0) is 14.3 Å². The quantitative estimate of drug-likeness (QED) is 0.181. The van der Waals surface area contributed by atoms with Crippen molar-refractivity contribution in [1.29, 1.82) is 0 Å². The Morgan fingerprint density at radius 1 is 0.818 bits per heavy atom. The minimum atomic E-state index is -0.715. The smallest absolute Gasteiger partial charge is 0.343 e. The molecule has 0 heterocycles. The first-order valence-electron chi connectivity index (χ1n) is 8.65. The number of allylic oxidation sites excluding steroid dienone is 1. The molecule has 0 aliphatic heterocycles. The van der Waals surface area contributed by atoms with E-state index >= 15 is 0 Å². The number of hydrogen-bond acceptors (Lipinski definition) is 3. The van der Waals surface area contributed by atoms with Gasteiger partial charge in [0.15, 0.2) is 0 Å². The Bertz CT molecular complexity index is 357. The molecule has 128 valence electrons. The first-order chi connectivity index (χ1) is 10.5. The van der Waals surface area contributed by atoms with Crippen LogP contribution in [0.4, 0.5) is 0 Å². The summed E-state index contributed by atoms with van der Waals surface area (Å²) in [6, 6.07) is 0. The van der Waals surface area contributed by atoms with Crippen LogP contribution >= 0.6 is 0 Å². The highest BCUT2D eigenvalue weighted by molar-refractivity contribution is 6.16. The van der Waals surface area contributed by atoms with E-state index in [1.54, 1.807) is 13.8 Å². The van der Waals surface area contributed by atoms with E-state index in [9.17, 15) is 9.59 Å². The highest BCUT2D eigenvalue weighted by atomic mass is 16.5. The van der Waals surface area contributed by atoms with E-state index in [2.05, 4.69) is 6.92 Å². The molecule has 0 unspecified atom stereocenters. The van der Waals surface area contributed by atoms with Gasteiger partial charge in [-0.05, 0) is 20.3 Å². The zero-order valence-corrected chi connectivity index (χ0v) is 14.6. The van der Waals surface area contributed by atoms with Crippen molar-refractivity contribution in [2.75, 3.05) is 6.61 Å². The second-order valence-corrected chi connectivity index (χ2v) is 6.06. The number of esters is 1. The van der Waals surface area contributed by atoms with Gasteiger partial charge in [0, 0.05) is 0 Å². The van der Waals surface area contributed by atoms with Crippen LogP contribution in [-0.4, -0.2) is 18.5 Å². The Morgan fingerprint density at radius 3 is 1.68 bits per heavy atom. The number of primary amides is 1. The fourth-order valence-electron chi connectivity index (χ4n) is 2.38. The zero-order chi connectivity index (χ0) is 16.8. The van der Waals surface area contributed by atoms with Crippen LogP contribution in [0.2, 0.25) is 0 Å². The number of unbranched alkanes of at least 4 members (excludes halogenated alkanes) is 9. The summed E-state index contributed by atoms with van der Waals surface area (Å²) in [5.74, 6) is -1.31. The van der Waals surface area contributed by atoms with E-state index < -0.39 is 11.9 Å². The van der Waals surface area contributed by atoms with Gasteiger partial charge in [0.1, 0.15) is 5.57 Å². The fourth-order valence-corrected chi connectivity index (χ4v) is 2.38. The molecule has 0 radical (unpaired) electrons. The summed E-state index contributed by atoms with van der Waals surface area (Å²) < 4.78 is 5.10. The summed E-state index contributed by atoms with van der Waals surface area (Å²) in [6.07, 6.45) is 12.3. The maximum absolute atomic E-state index is 11.7. The summed E-state index contributed by atoms with van der Waals surface area (Å²) in [7, 11) is 0. The Balaban J connectivity index is 3.56. The average molecular weight is 311 g/mol. The lowest BCUT2D eigenvalue weighted by molar-refractivity contribution is -0.140. The molecule has 2 N–H and O–H groups in total. The molecule has 0 aromatic rings. The predicted octanol–water partition coefficient (Wildman–Crippen LogP) is 4.27. The summed E-state index contributed by atoms with van der Waals surface area (Å²) in [5, 5.41) is 0. The summed E-state index contributed by atoms with van der Waals surface area (Å²) in [6.45, 7) is 5.96. The Labute approximate surface area is 135 Å². The van der Waals surface area contributed by atoms with Gasteiger partial charge in [-0.3, -0.25) is 4.79 Å². The van der Waals surface area contributed by atoms with Crippen LogP contribution in [0, 0.1) is 0 Å². The highest BCUT2D eigenvalue weighted by Gasteiger charge is 2.18. The summed E-state index contributed by atoms with van der Waals surface area (Å²) >= 11 is 0. The molecule has 4 nitrogen and oxygen atoms in total. The minimum absolute atomic E-state index is 0.0212. The van der Waals surface area contributed by atoms with Crippen molar-refractivity contribution >= 4 is 11.9 Å². The second-order valence-electron chi connectivity index (χ2n) is 6.06. The van der Waals surface area contributed by atoms with Gasteiger partial charge in [0.05, 0.1) is 6.61 Å². The number of ether oxygens (including phenoxy) is 1. The molecule has 0 aliphatic rings. The van der Waals surface area contributed by atoms with E-state index in [1.807, 2.05) is 0 Å². The van der Waals surface area contributed by atoms with Crippen molar-refractivity contribution in [3.8, 4) is 0 Å². The van der Waals surface area contributed by atoms with Gasteiger partial charge in [-0.2, -0.15) is 0 Å². The Hall–Kier alpha value is -1.32. The highest BCUT2D eigenvalue weighted by Crippen LogP contribution is 2.11. The normalized spacial score (nSPS) is 10.3. The molecule has 0 bridgehead atoms. The number of nitrogens with two attached hydrogens (primary N) is 1. The van der Waals surface area contributed by atoms with E-state index in [0.29, 0.717) is 12.2 Å². The number of carbonyl (C=O) groups excluding carboxylic acids is 2. The molecular formula is C18H33NO3. The molecule has 0 aliphatic carbocycles. The van der Waals surface area contributed by atoms with Crippen LogP contribution < -0.4 is 5.73 Å². The summed E-state index contributed by atoms with van der Waals surface area (Å²) in [5.41, 5.74) is 5.75. The molecule has 4 heteroatoms. The Morgan fingerprint density at radius 2 is 1.27 bits per heavy atom. The van der Waals surface area contributed by atoms with E-state index in [-0.39, 0.29) is 5.57 Å². The van der Waals surface area contributed by atoms with Crippen molar-refractivity contribution < 1.29 is 14.3 Å². The van der Waals surface area contributed by atoms with Gasteiger partial charge < -0.3 is 10.5 Å². The fraction of sp³-hybridized carbons (Fsp3) is 0.778. The monoisotopic (exact) mass is 311 g/mol. The number of hydrogen-bond donors (Lipinski definition) is 1. The molecule has 0 atom stereocenters. The first-order valence-corrected chi connectivity index (χ1v) is 8.65. The van der Waals surface area contributed by atoms with E-state index in [4.69, 9.17) is 10.5 Å². The number of rotatable bonds is 13. The van der Waals surface area contributed by atoms with E-state index in [0.717, 1.165) is 12.8 Å². The SMILES string of the molecule is CCCCCCCCCCCCOC(=O)C(C(N)=O)=C(C)C. The second kappa shape index (κ2) is 13.4. The van der Waals surface area contributed by atoms with Crippen LogP contribution in [0.5, 0.6) is 0 Å². The zero-order valence-electron chi connectivity index (χ0n) is 14.6. The molecule has 0 rings (SSSR count). The molecule has 22 heavy (non-hydrogen) atoms. The van der Waals surface area contributed by atoms with Crippen molar-refractivity contribution in [1.82, 2.24) is 0 Å². The molecule has 0 saturated heterocycles.